The van der Waals surface area contributed by atoms with Gasteiger partial charge in [-0.3, -0.25) is 0 Å². The number of nitrogens with zero attached hydrogens (tertiary/aromatic N) is 3. The van der Waals surface area contributed by atoms with Crippen LogP contribution in [0.15, 0.2) is 30.5 Å². The fraction of sp³-hybridized carbons (Fsp3) is 0.467. The maximum Gasteiger partial charge on any atom is 0.226 e. The zero-order valence-corrected chi connectivity index (χ0v) is 11.1. The quantitative estimate of drug-likeness (QED) is 0.912. The number of rotatable bonds is 4. The van der Waals surface area contributed by atoms with Crippen LogP contribution in [0.1, 0.15) is 25.7 Å². The van der Waals surface area contributed by atoms with E-state index in [1.54, 1.807) is 0 Å². The van der Waals surface area contributed by atoms with Gasteiger partial charge in [-0.1, -0.05) is 31.0 Å². The largest absolute Gasteiger partial charge is 0.337 e. The number of hydrogen-bond acceptors (Lipinski definition) is 4. The normalized spacial score (nSPS) is 16.1. The fourth-order valence-corrected chi connectivity index (χ4v) is 2.90. The van der Waals surface area contributed by atoms with Gasteiger partial charge < -0.3 is 10.6 Å². The Morgan fingerprint density at radius 3 is 2.79 bits per heavy atom. The van der Waals surface area contributed by atoms with Crippen LogP contribution in [0, 0.1) is 0 Å². The van der Waals surface area contributed by atoms with Gasteiger partial charge in [-0.15, -0.1) is 0 Å². The van der Waals surface area contributed by atoms with Crippen molar-refractivity contribution in [1.82, 2.24) is 9.97 Å². The molecular weight excluding hydrogens is 236 g/mol. The summed E-state index contributed by atoms with van der Waals surface area (Å²) >= 11 is 0. The van der Waals surface area contributed by atoms with Gasteiger partial charge in [-0.05, 0) is 18.9 Å². The molecular formula is C15H20N4. The van der Waals surface area contributed by atoms with Crippen molar-refractivity contribution in [3.8, 4) is 0 Å². The van der Waals surface area contributed by atoms with Gasteiger partial charge in [0.15, 0.2) is 0 Å². The molecule has 19 heavy (non-hydrogen) atoms. The topological polar surface area (TPSA) is 55.0 Å². The molecule has 0 bridgehead atoms. The van der Waals surface area contributed by atoms with Gasteiger partial charge in [0.25, 0.3) is 0 Å². The summed E-state index contributed by atoms with van der Waals surface area (Å²) in [4.78, 5) is 11.5. The Hall–Kier alpha value is -1.68. The van der Waals surface area contributed by atoms with E-state index >= 15 is 0 Å². The fourth-order valence-electron chi connectivity index (χ4n) is 2.90. The van der Waals surface area contributed by atoms with E-state index in [2.05, 4.69) is 9.88 Å². The number of anilines is 1. The summed E-state index contributed by atoms with van der Waals surface area (Å²) in [6, 6.07) is 8.67. The molecule has 0 amide bonds. The van der Waals surface area contributed by atoms with E-state index in [1.807, 2.05) is 30.5 Å². The molecule has 4 nitrogen and oxygen atoms in total. The second-order valence-electron chi connectivity index (χ2n) is 5.15. The van der Waals surface area contributed by atoms with Crippen molar-refractivity contribution in [2.24, 2.45) is 5.73 Å². The van der Waals surface area contributed by atoms with Crippen LogP contribution < -0.4 is 10.6 Å². The molecule has 0 atom stereocenters. The molecule has 0 spiro atoms. The third-order valence-corrected chi connectivity index (χ3v) is 3.87. The van der Waals surface area contributed by atoms with Crippen LogP contribution >= 0.6 is 0 Å². The van der Waals surface area contributed by atoms with Crippen molar-refractivity contribution >= 4 is 16.9 Å². The van der Waals surface area contributed by atoms with Gasteiger partial charge in [0, 0.05) is 30.7 Å². The molecule has 1 aromatic heterocycles. The van der Waals surface area contributed by atoms with E-state index in [0.29, 0.717) is 12.6 Å². The highest BCUT2D eigenvalue weighted by atomic mass is 15.3. The van der Waals surface area contributed by atoms with Crippen LogP contribution in [-0.2, 0) is 0 Å². The molecule has 2 N–H and O–H groups in total. The first kappa shape index (κ1) is 12.4. The summed E-state index contributed by atoms with van der Waals surface area (Å²) in [6.07, 6.45) is 6.99. The monoisotopic (exact) mass is 256 g/mol. The lowest BCUT2D eigenvalue weighted by Gasteiger charge is -2.28. The molecule has 0 radical (unpaired) electrons. The molecule has 1 aromatic carbocycles. The molecule has 1 aliphatic rings. The minimum Gasteiger partial charge on any atom is -0.337 e. The number of benzene rings is 1. The second-order valence-corrected chi connectivity index (χ2v) is 5.15. The molecule has 4 heteroatoms. The molecule has 3 rings (SSSR count). The van der Waals surface area contributed by atoms with Crippen molar-refractivity contribution in [2.45, 2.75) is 31.7 Å². The zero-order valence-electron chi connectivity index (χ0n) is 11.1. The zero-order chi connectivity index (χ0) is 13.1. The van der Waals surface area contributed by atoms with E-state index < -0.39 is 0 Å². The van der Waals surface area contributed by atoms with Crippen molar-refractivity contribution in [3.63, 3.8) is 0 Å². The molecule has 1 aliphatic carbocycles. The highest BCUT2D eigenvalue weighted by Crippen LogP contribution is 2.26. The number of fused-ring (bicyclic) bond motifs is 1. The molecule has 0 aliphatic heterocycles. The lowest BCUT2D eigenvalue weighted by atomic mass is 10.2. The summed E-state index contributed by atoms with van der Waals surface area (Å²) in [5, 5.41) is 1.09. The summed E-state index contributed by atoms with van der Waals surface area (Å²) in [5.41, 5.74) is 6.76. The predicted molar refractivity (Wildman–Crippen MR) is 78.2 cm³/mol. The maximum atomic E-state index is 5.75. The van der Waals surface area contributed by atoms with Crippen molar-refractivity contribution < 1.29 is 0 Å². The SMILES string of the molecule is NCCN(c1ncc2ccccc2n1)C1CCCC1. The van der Waals surface area contributed by atoms with Gasteiger partial charge in [-0.25, -0.2) is 9.97 Å². The molecule has 1 fully saturated rings. The van der Waals surface area contributed by atoms with Gasteiger partial charge in [0.05, 0.1) is 5.52 Å². The van der Waals surface area contributed by atoms with Crippen LogP contribution in [0.4, 0.5) is 5.95 Å². The Labute approximate surface area is 113 Å². The first-order valence-corrected chi connectivity index (χ1v) is 7.07. The standard InChI is InChI=1S/C15H20N4/c16-9-10-19(13-6-2-3-7-13)15-17-11-12-5-1-4-8-14(12)18-15/h1,4-5,8,11,13H,2-3,6-7,9-10,16H2. The number of nitrogens with two attached hydrogens (primary N) is 1. The molecule has 0 unspecified atom stereocenters. The molecule has 2 aromatic rings. The van der Waals surface area contributed by atoms with Crippen LogP contribution in [0.25, 0.3) is 10.9 Å². The molecule has 1 heterocycles. The maximum absolute atomic E-state index is 5.75. The third kappa shape index (κ3) is 2.54. The van der Waals surface area contributed by atoms with Crippen LogP contribution in [-0.4, -0.2) is 29.1 Å². The smallest absolute Gasteiger partial charge is 0.226 e. The first-order valence-electron chi connectivity index (χ1n) is 7.07. The minimum atomic E-state index is 0.560. The highest BCUT2D eigenvalue weighted by molar-refractivity contribution is 5.78. The van der Waals surface area contributed by atoms with E-state index in [-0.39, 0.29) is 0 Å². The Balaban J connectivity index is 1.94. The third-order valence-electron chi connectivity index (χ3n) is 3.87. The van der Waals surface area contributed by atoms with E-state index in [0.717, 1.165) is 23.4 Å². The summed E-state index contributed by atoms with van der Waals surface area (Å²) in [5.74, 6) is 0.830. The summed E-state index contributed by atoms with van der Waals surface area (Å²) < 4.78 is 0. The van der Waals surface area contributed by atoms with E-state index in [9.17, 15) is 0 Å². The molecule has 0 saturated heterocycles. The average Bonchev–Trinajstić information content (AvgIpc) is 2.98. The number of hydrogen-bond donors (Lipinski definition) is 1. The van der Waals surface area contributed by atoms with Crippen LogP contribution in [0.3, 0.4) is 0 Å². The second kappa shape index (κ2) is 5.53. The van der Waals surface area contributed by atoms with E-state index in [1.165, 1.54) is 25.7 Å². The van der Waals surface area contributed by atoms with Crippen LogP contribution in [0.5, 0.6) is 0 Å². The molecule has 100 valence electrons. The van der Waals surface area contributed by atoms with Crippen LogP contribution in [0.2, 0.25) is 0 Å². The lowest BCUT2D eigenvalue weighted by molar-refractivity contribution is 0.595. The predicted octanol–water partition coefficient (Wildman–Crippen LogP) is 2.34. The van der Waals surface area contributed by atoms with Crippen molar-refractivity contribution in [1.29, 1.82) is 0 Å². The Kier molecular flexibility index (Phi) is 3.60. The summed E-state index contributed by atoms with van der Waals surface area (Å²) in [7, 11) is 0. The van der Waals surface area contributed by atoms with Crippen molar-refractivity contribution in [3.05, 3.63) is 30.5 Å². The Morgan fingerprint density at radius 1 is 1.21 bits per heavy atom. The Bertz CT molecular complexity index is 549. The molecule has 1 saturated carbocycles. The average molecular weight is 256 g/mol. The van der Waals surface area contributed by atoms with Crippen molar-refractivity contribution in [2.75, 3.05) is 18.0 Å². The van der Waals surface area contributed by atoms with E-state index in [4.69, 9.17) is 10.7 Å². The Morgan fingerprint density at radius 2 is 2.00 bits per heavy atom. The summed E-state index contributed by atoms with van der Waals surface area (Å²) in [6.45, 7) is 1.48. The van der Waals surface area contributed by atoms with Gasteiger partial charge in [0.2, 0.25) is 5.95 Å². The number of aromatic nitrogens is 2. The van der Waals surface area contributed by atoms with Gasteiger partial charge >= 0.3 is 0 Å². The lowest BCUT2D eigenvalue weighted by Crippen LogP contribution is -2.38. The highest BCUT2D eigenvalue weighted by Gasteiger charge is 2.24. The van der Waals surface area contributed by atoms with Gasteiger partial charge in [0.1, 0.15) is 0 Å². The van der Waals surface area contributed by atoms with Gasteiger partial charge in [-0.2, -0.15) is 0 Å². The number of para-hydroxylation sites is 1. The first-order chi connectivity index (χ1) is 9.38. The minimum absolute atomic E-state index is 0.560.